The minimum Gasteiger partial charge on any atom is -0.380 e. The molecular weight excluding hydrogens is 300 g/mol. The summed E-state index contributed by atoms with van der Waals surface area (Å²) in [6, 6.07) is 9.64. The fourth-order valence-corrected chi connectivity index (χ4v) is 1.65. The van der Waals surface area contributed by atoms with Gasteiger partial charge < -0.3 is 5.11 Å². The average Bonchev–Trinajstić information content (AvgIpc) is 3.20. The van der Waals surface area contributed by atoms with Crippen LogP contribution >= 0.6 is 0 Å². The molecule has 0 aliphatic heterocycles. The molecule has 10 radical (unpaired) electrons. The molecule has 0 spiro atoms. The van der Waals surface area contributed by atoms with Crippen molar-refractivity contribution in [2.45, 2.75) is 6.10 Å². The molecule has 0 amide bonds. The Morgan fingerprint density at radius 3 is 1.81 bits per heavy atom. The molecule has 2 saturated carbocycles. The molecule has 0 aromatic heterocycles. The minimum atomic E-state index is -0.694. The van der Waals surface area contributed by atoms with Gasteiger partial charge >= 0.3 is 17.1 Å². The van der Waals surface area contributed by atoms with Crippen LogP contribution < -0.4 is 0 Å². The van der Waals surface area contributed by atoms with Crippen molar-refractivity contribution in [1.29, 1.82) is 0 Å². The minimum absolute atomic E-state index is 0. The van der Waals surface area contributed by atoms with E-state index < -0.39 is 6.10 Å². The van der Waals surface area contributed by atoms with Crippen LogP contribution in [0.4, 0.5) is 0 Å². The molecule has 2 aliphatic carbocycles. The van der Waals surface area contributed by atoms with E-state index in [1.54, 1.807) is 0 Å². The monoisotopic (exact) mass is 316 g/mol. The van der Waals surface area contributed by atoms with Gasteiger partial charge in [-0.1, -0.05) is 30.0 Å². The van der Waals surface area contributed by atoms with Crippen LogP contribution in [0.2, 0.25) is 0 Å². The quantitative estimate of drug-likeness (QED) is 0.624. The number of rotatable bonds is 1. The summed E-state index contributed by atoms with van der Waals surface area (Å²) in [5.41, 5.74) is 0.920. The zero-order valence-electron chi connectivity index (χ0n) is 11.5. The van der Waals surface area contributed by atoms with Gasteiger partial charge in [-0.15, -0.1) is 0 Å². The van der Waals surface area contributed by atoms with Gasteiger partial charge in [0, 0.05) is 11.5 Å². The molecule has 0 saturated heterocycles. The van der Waals surface area contributed by atoms with Crippen molar-refractivity contribution in [2.24, 2.45) is 0 Å². The summed E-state index contributed by atoms with van der Waals surface area (Å²) in [5, 5.41) is 9.70. The van der Waals surface area contributed by atoms with Crippen molar-refractivity contribution in [3.8, 4) is 11.8 Å². The van der Waals surface area contributed by atoms with Gasteiger partial charge in [-0.3, -0.25) is 0 Å². The van der Waals surface area contributed by atoms with Crippen molar-refractivity contribution >= 4 is 0 Å². The number of hydrogen-bond acceptors (Lipinski definition) is 1. The Balaban J connectivity index is 0.000000313. The number of aliphatic hydroxyl groups is 1. The van der Waals surface area contributed by atoms with Gasteiger partial charge in [0.1, 0.15) is 6.10 Å². The maximum Gasteiger partial charge on any atom is 2.00 e. The van der Waals surface area contributed by atoms with Crippen LogP contribution in [0, 0.1) is 75.5 Å². The molecule has 2 fully saturated rings. The summed E-state index contributed by atoms with van der Waals surface area (Å²) in [6.45, 7) is 0. The zero-order chi connectivity index (χ0) is 14.0. The van der Waals surface area contributed by atoms with Gasteiger partial charge in [-0.25, -0.2) is 0 Å². The first kappa shape index (κ1) is 18.3. The maximum absolute atomic E-state index is 9.70. The Hall–Kier alpha value is -0.741. The molecule has 1 unspecified atom stereocenters. The summed E-state index contributed by atoms with van der Waals surface area (Å²) in [4.78, 5) is 0. The molecule has 3 rings (SSSR count). The Labute approximate surface area is 140 Å². The van der Waals surface area contributed by atoms with E-state index in [1.165, 1.54) is 0 Å². The van der Waals surface area contributed by atoms with E-state index in [0.29, 0.717) is 0 Å². The van der Waals surface area contributed by atoms with Gasteiger partial charge in [0.2, 0.25) is 0 Å². The second-order valence-corrected chi connectivity index (χ2v) is 4.22. The Morgan fingerprint density at radius 2 is 1.29 bits per heavy atom. The Morgan fingerprint density at radius 1 is 0.762 bits per heavy atom. The molecule has 2 aliphatic rings. The average molecular weight is 316 g/mol. The van der Waals surface area contributed by atoms with Crippen LogP contribution in [0.5, 0.6) is 0 Å². The van der Waals surface area contributed by atoms with E-state index in [0.717, 1.165) is 11.5 Å². The second kappa shape index (κ2) is 10.9. The molecule has 0 bridgehead atoms. The van der Waals surface area contributed by atoms with E-state index in [1.807, 2.05) is 88.1 Å². The van der Waals surface area contributed by atoms with Crippen LogP contribution in [0.15, 0.2) is 30.3 Å². The third-order valence-corrected chi connectivity index (χ3v) is 2.69. The third kappa shape index (κ3) is 7.18. The van der Waals surface area contributed by atoms with Crippen molar-refractivity contribution < 1.29 is 22.2 Å². The fraction of sp³-hybridized carbons (Fsp3) is 0.0526. The van der Waals surface area contributed by atoms with Crippen molar-refractivity contribution in [3.63, 3.8) is 0 Å². The van der Waals surface area contributed by atoms with Crippen LogP contribution in [-0.2, 0) is 17.1 Å². The first-order chi connectivity index (χ1) is 9.86. The second-order valence-electron chi connectivity index (χ2n) is 4.22. The molecule has 2 heteroatoms. The summed E-state index contributed by atoms with van der Waals surface area (Å²) >= 11 is 0. The molecule has 1 aromatic rings. The normalized spacial score (nSPS) is 18.7. The third-order valence-electron chi connectivity index (χ3n) is 2.69. The summed E-state index contributed by atoms with van der Waals surface area (Å²) in [6.07, 6.45) is 16.8. The van der Waals surface area contributed by atoms with Crippen molar-refractivity contribution in [1.82, 2.24) is 0 Å². The number of aliphatic hydroxyl groups excluding tert-OH is 1. The number of hydrogen-bond donors (Lipinski definition) is 1. The molecule has 104 valence electrons. The van der Waals surface area contributed by atoms with Gasteiger partial charge in [0.05, 0.1) is 0 Å². The SMILES string of the molecule is OC(C#Cc1ccccc1)[C]1[CH][CH][CH][CH]1.[CH]1[CH][CH][CH][CH]1.[Fe+2]. The van der Waals surface area contributed by atoms with Gasteiger partial charge in [-0.05, 0) is 69.9 Å². The topological polar surface area (TPSA) is 20.2 Å². The maximum atomic E-state index is 9.70. The smallest absolute Gasteiger partial charge is 0.380 e. The predicted octanol–water partition coefficient (Wildman–Crippen LogP) is 2.82. The van der Waals surface area contributed by atoms with E-state index in [9.17, 15) is 5.11 Å². The molecule has 1 nitrogen and oxygen atoms in total. The number of benzene rings is 1. The largest absolute Gasteiger partial charge is 2.00 e. The Bertz CT molecular complexity index is 414. The fourth-order valence-electron chi connectivity index (χ4n) is 1.65. The predicted molar refractivity (Wildman–Crippen MR) is 81.3 cm³/mol. The first-order valence-electron chi connectivity index (χ1n) is 6.49. The van der Waals surface area contributed by atoms with Gasteiger partial charge in [-0.2, -0.15) is 0 Å². The molecule has 21 heavy (non-hydrogen) atoms. The van der Waals surface area contributed by atoms with Crippen LogP contribution in [0.3, 0.4) is 0 Å². The molecule has 1 N–H and O–H groups in total. The van der Waals surface area contributed by atoms with Gasteiger partial charge in [0.25, 0.3) is 0 Å². The van der Waals surface area contributed by atoms with E-state index >= 15 is 0 Å². The summed E-state index contributed by atoms with van der Waals surface area (Å²) < 4.78 is 0. The van der Waals surface area contributed by atoms with Crippen LogP contribution in [-0.4, -0.2) is 11.2 Å². The molecule has 1 aromatic carbocycles. The molecule has 0 heterocycles. The van der Waals surface area contributed by atoms with E-state index in [2.05, 4.69) is 11.8 Å². The summed E-state index contributed by atoms with van der Waals surface area (Å²) in [7, 11) is 0. The van der Waals surface area contributed by atoms with E-state index in [-0.39, 0.29) is 17.1 Å². The van der Waals surface area contributed by atoms with Crippen LogP contribution in [0.1, 0.15) is 5.56 Å². The van der Waals surface area contributed by atoms with Crippen molar-refractivity contribution in [2.75, 3.05) is 0 Å². The summed E-state index contributed by atoms with van der Waals surface area (Å²) in [5.74, 6) is 6.59. The molecular formula is C19H16FeO+2. The van der Waals surface area contributed by atoms with Crippen LogP contribution in [0.25, 0.3) is 0 Å². The first-order valence-corrected chi connectivity index (χ1v) is 6.49. The standard InChI is InChI=1S/C14H11O.C5H5.Fe/c15-14(13-8-4-5-9-13)11-10-12-6-2-1-3-7-12;1-2-4-5-3-1;/h1-9,14-15H;1-5H;/q;;+2. The zero-order valence-corrected chi connectivity index (χ0v) is 12.6. The van der Waals surface area contributed by atoms with Crippen molar-refractivity contribution in [3.05, 3.63) is 99.6 Å². The Kier molecular flexibility index (Phi) is 9.51. The van der Waals surface area contributed by atoms with E-state index in [4.69, 9.17) is 0 Å². The molecule has 1 atom stereocenters. The van der Waals surface area contributed by atoms with Gasteiger partial charge in [0.15, 0.2) is 0 Å².